The molecule has 1 saturated heterocycles. The molecule has 0 radical (unpaired) electrons. The predicted molar refractivity (Wildman–Crippen MR) is 121 cm³/mol. The molecule has 2 aliphatic rings. The molecule has 0 atom stereocenters. The molecule has 2 fully saturated rings. The fourth-order valence-electron chi connectivity index (χ4n) is 4.64. The summed E-state index contributed by atoms with van der Waals surface area (Å²) in [4.78, 5) is 35.1. The van der Waals surface area contributed by atoms with Crippen LogP contribution in [0.5, 0.6) is 0 Å². The van der Waals surface area contributed by atoms with Crippen LogP contribution in [0.25, 0.3) is 11.1 Å². The monoisotopic (exact) mass is 433 g/mol. The fraction of sp³-hybridized carbons (Fsp3) is 0.417. The summed E-state index contributed by atoms with van der Waals surface area (Å²) in [5.41, 5.74) is 7.87. The molecule has 8 nitrogen and oxygen atoms in total. The Morgan fingerprint density at radius 1 is 1.19 bits per heavy atom. The van der Waals surface area contributed by atoms with E-state index in [0.29, 0.717) is 33.8 Å². The van der Waals surface area contributed by atoms with Crippen molar-refractivity contribution in [1.82, 2.24) is 15.3 Å². The summed E-state index contributed by atoms with van der Waals surface area (Å²) in [6.07, 6.45) is 5.28. The van der Waals surface area contributed by atoms with Gasteiger partial charge in [0.05, 0.1) is 16.5 Å². The van der Waals surface area contributed by atoms with Crippen LogP contribution in [0.3, 0.4) is 0 Å². The van der Waals surface area contributed by atoms with Gasteiger partial charge in [-0.25, -0.2) is 9.97 Å². The highest BCUT2D eigenvalue weighted by molar-refractivity contribution is 6.22. The molecule has 8 heteroatoms. The number of aryl methyl sites for hydroxylation is 1. The highest BCUT2D eigenvalue weighted by Gasteiger charge is 2.39. The number of benzene rings is 1. The Hall–Kier alpha value is -3.26. The number of carbonyl (C=O) groups excluding carboxylic acids is 2. The first kappa shape index (κ1) is 20.6. The van der Waals surface area contributed by atoms with Crippen LogP contribution in [0, 0.1) is 6.92 Å². The summed E-state index contributed by atoms with van der Waals surface area (Å²) >= 11 is 0. The molecule has 166 valence electrons. The summed E-state index contributed by atoms with van der Waals surface area (Å²) in [6.45, 7) is 5.60. The highest BCUT2D eigenvalue weighted by Crippen LogP contribution is 2.41. The normalized spacial score (nSPS) is 17.9. The number of rotatable bonds is 6. The first-order chi connectivity index (χ1) is 15.4. The van der Waals surface area contributed by atoms with Crippen LogP contribution < -0.4 is 16.4 Å². The number of carbonyl (C=O) groups is 2. The molecule has 0 unspecified atom stereocenters. The van der Waals surface area contributed by atoms with E-state index in [-0.39, 0.29) is 22.8 Å². The number of fused-ring (bicyclic) bond motifs is 1. The summed E-state index contributed by atoms with van der Waals surface area (Å²) in [5, 5.41) is 7.35. The average molecular weight is 434 g/mol. The maximum atomic E-state index is 14.1. The smallest absolute Gasteiger partial charge is 0.249 e. The first-order valence-electron chi connectivity index (χ1n) is 11.1. The molecule has 1 aliphatic heterocycles. The van der Waals surface area contributed by atoms with E-state index in [1.165, 1.54) is 6.33 Å². The van der Waals surface area contributed by atoms with E-state index in [2.05, 4.69) is 27.5 Å². The number of furan rings is 1. The van der Waals surface area contributed by atoms with Gasteiger partial charge in [-0.2, -0.15) is 0 Å². The summed E-state index contributed by atoms with van der Waals surface area (Å²) in [5.74, 6) is 0.310. The number of amides is 1. The lowest BCUT2D eigenvalue weighted by Gasteiger charge is -2.25. The van der Waals surface area contributed by atoms with E-state index in [9.17, 15) is 9.59 Å². The summed E-state index contributed by atoms with van der Waals surface area (Å²) in [6, 6.07) is 5.37. The van der Waals surface area contributed by atoms with Gasteiger partial charge in [-0.05, 0) is 70.2 Å². The Bertz CT molecular complexity index is 1220. The number of hydrogen-bond acceptors (Lipinski definition) is 7. The van der Waals surface area contributed by atoms with Crippen molar-refractivity contribution in [3.05, 3.63) is 52.5 Å². The van der Waals surface area contributed by atoms with Crippen molar-refractivity contribution >= 4 is 28.6 Å². The zero-order chi connectivity index (χ0) is 22.5. The van der Waals surface area contributed by atoms with Crippen molar-refractivity contribution in [3.63, 3.8) is 0 Å². The van der Waals surface area contributed by atoms with Gasteiger partial charge in [-0.1, -0.05) is 12.1 Å². The molecule has 3 heterocycles. The molecular formula is C24H27N5O3. The van der Waals surface area contributed by atoms with Gasteiger partial charge in [0.1, 0.15) is 17.9 Å². The number of ketones is 1. The van der Waals surface area contributed by atoms with Crippen molar-refractivity contribution in [2.24, 2.45) is 5.73 Å². The van der Waals surface area contributed by atoms with Crippen LogP contribution in [0.15, 0.2) is 28.9 Å². The van der Waals surface area contributed by atoms with Crippen LogP contribution in [-0.4, -0.2) is 40.3 Å². The standard InChI is InChI=1S/C24H27N5O3/c1-13-17(19-22(29-24(2)8-9-24)27-12-28-23(19)32-13)20(30)18-15(14-6-10-26-11-7-14)4-3-5-16(18)21(25)31/h3-5,12,14,26H,6-11H2,1-2H3,(H2,25,31)(H,27,28,29). The van der Waals surface area contributed by atoms with Gasteiger partial charge in [-0.15, -0.1) is 0 Å². The molecule has 1 amide bonds. The number of piperidine rings is 1. The first-order valence-corrected chi connectivity index (χ1v) is 11.1. The van der Waals surface area contributed by atoms with Gasteiger partial charge in [0.15, 0.2) is 5.78 Å². The van der Waals surface area contributed by atoms with Crippen LogP contribution in [0.4, 0.5) is 5.82 Å². The molecule has 5 rings (SSSR count). The van der Waals surface area contributed by atoms with E-state index in [1.54, 1.807) is 19.1 Å². The molecule has 2 aromatic heterocycles. The summed E-state index contributed by atoms with van der Waals surface area (Å²) < 4.78 is 5.86. The van der Waals surface area contributed by atoms with E-state index >= 15 is 0 Å². The maximum Gasteiger partial charge on any atom is 0.249 e. The van der Waals surface area contributed by atoms with Crippen molar-refractivity contribution in [3.8, 4) is 0 Å². The van der Waals surface area contributed by atoms with Gasteiger partial charge >= 0.3 is 0 Å². The lowest BCUT2D eigenvalue weighted by atomic mass is 9.82. The number of aromatic nitrogens is 2. The van der Waals surface area contributed by atoms with Gasteiger partial charge in [0, 0.05) is 11.1 Å². The zero-order valence-corrected chi connectivity index (χ0v) is 18.3. The molecule has 1 aliphatic carbocycles. The largest absolute Gasteiger partial charge is 0.442 e. The second-order valence-electron chi connectivity index (χ2n) is 9.11. The average Bonchev–Trinajstić information content (AvgIpc) is 3.41. The Balaban J connectivity index is 1.69. The minimum Gasteiger partial charge on any atom is -0.442 e. The number of nitrogens with two attached hydrogens (primary N) is 1. The van der Waals surface area contributed by atoms with Crippen LogP contribution in [0.2, 0.25) is 0 Å². The second-order valence-corrected chi connectivity index (χ2v) is 9.11. The zero-order valence-electron chi connectivity index (χ0n) is 18.3. The third-order valence-electron chi connectivity index (χ3n) is 6.68. The minimum absolute atomic E-state index is 0.0435. The number of anilines is 1. The molecule has 1 aromatic carbocycles. The second kappa shape index (κ2) is 7.70. The summed E-state index contributed by atoms with van der Waals surface area (Å²) in [7, 11) is 0. The van der Waals surface area contributed by atoms with Gasteiger partial charge in [0.2, 0.25) is 11.6 Å². The third-order valence-corrected chi connectivity index (χ3v) is 6.68. The molecule has 0 bridgehead atoms. The van der Waals surface area contributed by atoms with Crippen LogP contribution in [0.1, 0.15) is 76.1 Å². The molecule has 1 saturated carbocycles. The maximum absolute atomic E-state index is 14.1. The third kappa shape index (κ3) is 3.54. The van der Waals surface area contributed by atoms with Crippen molar-refractivity contribution in [1.29, 1.82) is 0 Å². The quantitative estimate of drug-likeness (QED) is 0.510. The van der Waals surface area contributed by atoms with Crippen LogP contribution in [-0.2, 0) is 0 Å². The minimum atomic E-state index is -0.616. The Morgan fingerprint density at radius 3 is 2.62 bits per heavy atom. The molecule has 3 aromatic rings. The van der Waals surface area contributed by atoms with Crippen molar-refractivity contribution in [2.45, 2.75) is 51.0 Å². The van der Waals surface area contributed by atoms with E-state index in [0.717, 1.165) is 44.3 Å². The van der Waals surface area contributed by atoms with E-state index in [4.69, 9.17) is 10.2 Å². The lowest BCUT2D eigenvalue weighted by molar-refractivity contribution is 0.0980. The predicted octanol–water partition coefficient (Wildman–Crippen LogP) is 3.29. The van der Waals surface area contributed by atoms with Crippen molar-refractivity contribution in [2.75, 3.05) is 18.4 Å². The Labute approximate surface area is 186 Å². The molecular weight excluding hydrogens is 406 g/mol. The van der Waals surface area contributed by atoms with Gasteiger partial charge in [0.25, 0.3) is 0 Å². The Morgan fingerprint density at radius 2 is 1.94 bits per heavy atom. The van der Waals surface area contributed by atoms with Gasteiger partial charge < -0.3 is 20.8 Å². The SMILES string of the molecule is Cc1oc2ncnc(NC3(C)CC3)c2c1C(=O)c1c(C(N)=O)cccc1C1CCNCC1. The Kier molecular flexibility index (Phi) is 4.97. The number of nitrogens with one attached hydrogen (secondary N) is 2. The molecule has 32 heavy (non-hydrogen) atoms. The molecule has 4 N–H and O–H groups in total. The number of nitrogens with zero attached hydrogens (tertiary/aromatic N) is 2. The van der Waals surface area contributed by atoms with E-state index in [1.807, 2.05) is 6.07 Å². The van der Waals surface area contributed by atoms with E-state index < -0.39 is 5.91 Å². The van der Waals surface area contributed by atoms with Gasteiger partial charge in [-0.3, -0.25) is 9.59 Å². The highest BCUT2D eigenvalue weighted by atomic mass is 16.3. The number of primary amides is 1. The number of hydrogen-bond donors (Lipinski definition) is 3. The fourth-order valence-corrected chi connectivity index (χ4v) is 4.64. The molecule has 0 spiro atoms. The van der Waals surface area contributed by atoms with Crippen LogP contribution >= 0.6 is 0 Å². The lowest BCUT2D eigenvalue weighted by Crippen LogP contribution is -2.28. The van der Waals surface area contributed by atoms with Crippen molar-refractivity contribution < 1.29 is 14.0 Å². The topological polar surface area (TPSA) is 123 Å².